The minimum absolute atomic E-state index is 0.458. The second kappa shape index (κ2) is 16.5. The minimum Gasteiger partial charge on any atom is -0.310 e. The Hall–Kier alpha value is -9.96. The van der Waals surface area contributed by atoms with Gasteiger partial charge in [0, 0.05) is 49.9 Å². The van der Waals surface area contributed by atoms with Crippen molar-refractivity contribution in [2.45, 2.75) is 5.41 Å². The molecule has 12 aromatic carbocycles. The molecular formula is C73H47N3. The predicted molar refractivity (Wildman–Crippen MR) is 317 cm³/mol. The summed E-state index contributed by atoms with van der Waals surface area (Å²) in [7, 11) is 0. The normalized spacial score (nSPS) is 12.8. The van der Waals surface area contributed by atoms with Gasteiger partial charge in [-0.2, -0.15) is 0 Å². The fraction of sp³-hybridized carbons (Fsp3) is 0.0137. The van der Waals surface area contributed by atoms with Gasteiger partial charge in [-0.25, -0.2) is 0 Å². The van der Waals surface area contributed by atoms with Crippen LogP contribution in [-0.2, 0) is 5.41 Å². The quantitative estimate of drug-likeness (QED) is 0.155. The van der Waals surface area contributed by atoms with Gasteiger partial charge in [-0.05, 0) is 128 Å². The first-order chi connectivity index (χ1) is 37.8. The van der Waals surface area contributed by atoms with E-state index in [9.17, 15) is 0 Å². The lowest BCUT2D eigenvalue weighted by atomic mass is 9.70. The molecule has 76 heavy (non-hydrogen) atoms. The Morgan fingerprint density at radius 2 is 0.724 bits per heavy atom. The number of benzene rings is 12. The molecule has 1 spiro atoms. The molecule has 3 heteroatoms. The van der Waals surface area contributed by atoms with Gasteiger partial charge in [0.1, 0.15) is 0 Å². The van der Waals surface area contributed by atoms with E-state index in [2.05, 4.69) is 299 Å². The smallest absolute Gasteiger partial charge is 0.0789 e. The Morgan fingerprint density at radius 1 is 0.276 bits per heavy atom. The van der Waals surface area contributed by atoms with Crippen molar-refractivity contribution >= 4 is 60.7 Å². The Labute approximate surface area is 441 Å². The van der Waals surface area contributed by atoms with Crippen LogP contribution in [0, 0.1) is 0 Å². The summed E-state index contributed by atoms with van der Waals surface area (Å²) in [4.78, 5) is 2.49. The van der Waals surface area contributed by atoms with Crippen LogP contribution in [0.1, 0.15) is 22.3 Å². The van der Waals surface area contributed by atoms with Gasteiger partial charge in [0.05, 0.1) is 33.2 Å². The molecule has 0 fully saturated rings. The third-order valence-corrected chi connectivity index (χ3v) is 16.5. The van der Waals surface area contributed by atoms with E-state index < -0.39 is 5.41 Å². The number of nitrogens with zero attached hydrogens (tertiary/aromatic N) is 3. The zero-order valence-corrected chi connectivity index (χ0v) is 41.5. The van der Waals surface area contributed by atoms with Crippen LogP contribution in [-0.4, -0.2) is 9.13 Å². The molecule has 3 nitrogen and oxygen atoms in total. The molecule has 0 aliphatic heterocycles. The number of aromatic nitrogens is 2. The van der Waals surface area contributed by atoms with Gasteiger partial charge < -0.3 is 14.0 Å². The summed E-state index contributed by atoms with van der Waals surface area (Å²) in [5.74, 6) is 0. The number of rotatable bonds is 7. The van der Waals surface area contributed by atoms with Crippen molar-refractivity contribution in [1.82, 2.24) is 9.13 Å². The molecule has 0 bridgehead atoms. The Bertz CT molecular complexity index is 4560. The molecule has 354 valence electrons. The molecule has 2 aromatic heterocycles. The highest BCUT2D eigenvalue weighted by atomic mass is 15.1. The van der Waals surface area contributed by atoms with Crippen LogP contribution in [0.2, 0.25) is 0 Å². The van der Waals surface area contributed by atoms with Crippen LogP contribution >= 0.6 is 0 Å². The first-order valence-corrected chi connectivity index (χ1v) is 26.3. The van der Waals surface area contributed by atoms with Crippen molar-refractivity contribution in [3.63, 3.8) is 0 Å². The maximum absolute atomic E-state index is 2.49. The topological polar surface area (TPSA) is 13.1 Å². The largest absolute Gasteiger partial charge is 0.310 e. The Balaban J connectivity index is 0.917. The molecule has 14 aromatic rings. The summed E-state index contributed by atoms with van der Waals surface area (Å²) in [6, 6.07) is 105. The van der Waals surface area contributed by atoms with Crippen LogP contribution in [0.3, 0.4) is 0 Å². The van der Waals surface area contributed by atoms with E-state index in [1.807, 2.05) is 0 Å². The molecular weight excluding hydrogens is 919 g/mol. The van der Waals surface area contributed by atoms with Gasteiger partial charge >= 0.3 is 0 Å². The molecule has 0 radical (unpaired) electrons. The van der Waals surface area contributed by atoms with Gasteiger partial charge in [-0.15, -0.1) is 0 Å². The van der Waals surface area contributed by atoms with E-state index in [-0.39, 0.29) is 0 Å². The second-order valence-corrected chi connectivity index (χ2v) is 20.3. The zero-order valence-electron chi connectivity index (χ0n) is 41.5. The van der Waals surface area contributed by atoms with Crippen molar-refractivity contribution in [2.75, 3.05) is 4.90 Å². The van der Waals surface area contributed by atoms with Crippen molar-refractivity contribution in [1.29, 1.82) is 0 Å². The predicted octanol–water partition coefficient (Wildman–Crippen LogP) is 19.0. The summed E-state index contributed by atoms with van der Waals surface area (Å²) >= 11 is 0. The van der Waals surface area contributed by atoms with E-state index in [0.717, 1.165) is 34.0 Å². The van der Waals surface area contributed by atoms with Gasteiger partial charge in [-0.3, -0.25) is 0 Å². The van der Waals surface area contributed by atoms with E-state index in [1.54, 1.807) is 0 Å². The summed E-state index contributed by atoms with van der Waals surface area (Å²) in [5.41, 5.74) is 25.1. The zero-order chi connectivity index (χ0) is 49.9. The highest BCUT2D eigenvalue weighted by molar-refractivity contribution is 6.26. The Morgan fingerprint density at radius 3 is 1.38 bits per heavy atom. The molecule has 0 unspecified atom stereocenters. The van der Waals surface area contributed by atoms with Crippen molar-refractivity contribution in [3.05, 3.63) is 307 Å². The molecule has 2 heterocycles. The van der Waals surface area contributed by atoms with Crippen LogP contribution in [0.5, 0.6) is 0 Å². The van der Waals surface area contributed by atoms with E-state index in [0.29, 0.717) is 0 Å². The molecule has 2 aliphatic rings. The summed E-state index contributed by atoms with van der Waals surface area (Å²) in [6.45, 7) is 0. The maximum atomic E-state index is 2.49. The number of hydrogen-bond acceptors (Lipinski definition) is 1. The molecule has 0 atom stereocenters. The lowest BCUT2D eigenvalue weighted by Gasteiger charge is -2.32. The molecule has 0 N–H and O–H groups in total. The second-order valence-electron chi connectivity index (χ2n) is 20.3. The lowest BCUT2D eigenvalue weighted by Crippen LogP contribution is -2.26. The lowest BCUT2D eigenvalue weighted by molar-refractivity contribution is 0.794. The highest BCUT2D eigenvalue weighted by Gasteiger charge is 2.52. The molecule has 2 aliphatic carbocycles. The van der Waals surface area contributed by atoms with Crippen molar-refractivity contribution < 1.29 is 0 Å². The molecule has 0 amide bonds. The Kier molecular flexibility index (Phi) is 9.25. The van der Waals surface area contributed by atoms with Crippen molar-refractivity contribution in [3.8, 4) is 55.9 Å². The first-order valence-electron chi connectivity index (χ1n) is 26.3. The van der Waals surface area contributed by atoms with Gasteiger partial charge in [0.25, 0.3) is 0 Å². The highest BCUT2D eigenvalue weighted by Crippen LogP contribution is 2.64. The average molecular weight is 966 g/mol. The van der Waals surface area contributed by atoms with E-state index in [1.165, 1.54) is 105 Å². The maximum Gasteiger partial charge on any atom is 0.0789 e. The monoisotopic (exact) mass is 965 g/mol. The average Bonchev–Trinajstić information content (AvgIpc) is 4.41. The summed E-state index contributed by atoms with van der Waals surface area (Å²) in [6.07, 6.45) is 0. The third kappa shape index (κ3) is 5.94. The van der Waals surface area contributed by atoms with Gasteiger partial charge in [0.2, 0.25) is 0 Å². The summed E-state index contributed by atoms with van der Waals surface area (Å²) in [5, 5.41) is 4.92. The van der Waals surface area contributed by atoms with Gasteiger partial charge in [0.15, 0.2) is 0 Å². The van der Waals surface area contributed by atoms with Crippen molar-refractivity contribution in [2.24, 2.45) is 0 Å². The SMILES string of the molecule is c1ccc(-c2ccc(N(c3ccc(-c4cccc5c4c4ccc6c7ccccc7n(-c7ccccc7)c6c4n5-c4ccccc4)cc3)c3cccc4c3-c3ccccc3C43c4ccccc4-c4ccccc43)cc2)cc1. The number of fused-ring (bicyclic) bond motifs is 17. The number of anilines is 3. The fourth-order valence-corrected chi connectivity index (χ4v) is 13.5. The van der Waals surface area contributed by atoms with E-state index in [4.69, 9.17) is 0 Å². The molecule has 16 rings (SSSR count). The third-order valence-electron chi connectivity index (χ3n) is 16.5. The minimum atomic E-state index is -0.458. The number of para-hydroxylation sites is 3. The standard InChI is InChI=1S/C73H47N3/c1-4-20-48(21-5-1)49-38-42-53(43-39-49)74(68-37-19-34-65-70(68)60-29-12-16-33-64(60)73(65)62-31-14-10-26-56(62)57-27-11-15-32-63(57)73)54-44-40-50(41-45-54)55-30-18-36-67-69(55)61-47-46-59-58-28-13-17-35-66(58)75(51-22-6-2-7-23-51)71(59)72(61)76(67)52-24-8-3-9-25-52/h1-47H. The van der Waals surface area contributed by atoms with Crippen LogP contribution in [0.25, 0.3) is 99.5 Å². The van der Waals surface area contributed by atoms with Crippen LogP contribution < -0.4 is 4.90 Å². The number of hydrogen-bond donors (Lipinski definition) is 0. The van der Waals surface area contributed by atoms with Gasteiger partial charge in [-0.1, -0.05) is 218 Å². The first kappa shape index (κ1) is 42.5. The summed E-state index contributed by atoms with van der Waals surface area (Å²) < 4.78 is 4.96. The molecule has 0 saturated carbocycles. The molecule has 0 saturated heterocycles. The fourth-order valence-electron chi connectivity index (χ4n) is 13.5. The van der Waals surface area contributed by atoms with E-state index >= 15 is 0 Å². The van der Waals surface area contributed by atoms with Crippen LogP contribution in [0.4, 0.5) is 17.1 Å². The van der Waals surface area contributed by atoms with Crippen LogP contribution in [0.15, 0.2) is 285 Å².